The lowest BCUT2D eigenvalue weighted by Gasteiger charge is -2.31. The smallest absolute Gasteiger partial charge is 0.272 e. The summed E-state index contributed by atoms with van der Waals surface area (Å²) in [5, 5.41) is 12.4. The van der Waals surface area contributed by atoms with E-state index in [-0.39, 0.29) is 18.0 Å². The number of aryl methyl sites for hydroxylation is 1. The number of carbonyl (C=O) groups is 1. The third-order valence-electron chi connectivity index (χ3n) is 6.31. The summed E-state index contributed by atoms with van der Waals surface area (Å²) in [6.07, 6.45) is 3.97. The van der Waals surface area contributed by atoms with Gasteiger partial charge in [0.05, 0.1) is 5.52 Å². The molecule has 0 spiro atoms. The summed E-state index contributed by atoms with van der Waals surface area (Å²) in [7, 11) is 0. The second kappa shape index (κ2) is 9.52. The SMILES string of the molecule is CC(C)n1nc(C(=O)NC(CCc2ccc(N)cc2)C2CCNCC2)c2ccccc21. The van der Waals surface area contributed by atoms with E-state index in [2.05, 4.69) is 36.6 Å². The molecule has 2 aromatic carbocycles. The van der Waals surface area contributed by atoms with Crippen molar-refractivity contribution in [1.29, 1.82) is 0 Å². The van der Waals surface area contributed by atoms with Crippen molar-refractivity contribution in [2.45, 2.75) is 51.6 Å². The number of nitrogen functional groups attached to an aromatic ring is 1. The number of rotatable bonds is 7. The first-order chi connectivity index (χ1) is 15.0. The topological polar surface area (TPSA) is 85.0 Å². The number of nitrogens with two attached hydrogens (primary N) is 1. The molecule has 1 amide bonds. The van der Waals surface area contributed by atoms with Gasteiger partial charge in [-0.1, -0.05) is 30.3 Å². The Bertz CT molecular complexity index is 1020. The molecule has 6 heteroatoms. The first-order valence-corrected chi connectivity index (χ1v) is 11.4. The maximum Gasteiger partial charge on any atom is 0.272 e. The van der Waals surface area contributed by atoms with E-state index >= 15 is 0 Å². The number of nitrogens with one attached hydrogen (secondary N) is 2. The highest BCUT2D eigenvalue weighted by Gasteiger charge is 2.27. The highest BCUT2D eigenvalue weighted by atomic mass is 16.2. The molecule has 1 atom stereocenters. The van der Waals surface area contributed by atoms with Gasteiger partial charge >= 0.3 is 0 Å². The quantitative estimate of drug-likeness (QED) is 0.507. The number of hydrogen-bond donors (Lipinski definition) is 3. The number of benzene rings is 2. The van der Waals surface area contributed by atoms with Crippen LogP contribution in [0.15, 0.2) is 48.5 Å². The van der Waals surface area contributed by atoms with Crippen LogP contribution >= 0.6 is 0 Å². The van der Waals surface area contributed by atoms with E-state index in [1.165, 1.54) is 5.56 Å². The van der Waals surface area contributed by atoms with Gasteiger partial charge in [-0.25, -0.2) is 0 Å². The fourth-order valence-corrected chi connectivity index (χ4v) is 4.57. The lowest BCUT2D eigenvalue weighted by molar-refractivity contribution is 0.0906. The summed E-state index contributed by atoms with van der Waals surface area (Å²) in [6, 6.07) is 16.3. The minimum Gasteiger partial charge on any atom is -0.399 e. The Hall–Kier alpha value is -2.86. The number of amides is 1. The number of para-hydroxylation sites is 1. The van der Waals surface area contributed by atoms with Crippen LogP contribution in [0.4, 0.5) is 5.69 Å². The Labute approximate surface area is 184 Å². The van der Waals surface area contributed by atoms with Crippen LogP contribution in [0, 0.1) is 5.92 Å². The summed E-state index contributed by atoms with van der Waals surface area (Å²) in [4.78, 5) is 13.4. The molecule has 1 aliphatic rings. The van der Waals surface area contributed by atoms with E-state index in [1.807, 2.05) is 41.1 Å². The molecule has 6 nitrogen and oxygen atoms in total. The van der Waals surface area contributed by atoms with E-state index in [9.17, 15) is 4.79 Å². The predicted molar refractivity (Wildman–Crippen MR) is 126 cm³/mol. The molecule has 1 saturated heterocycles. The van der Waals surface area contributed by atoms with E-state index in [1.54, 1.807) is 0 Å². The normalized spacial score (nSPS) is 16.0. The van der Waals surface area contributed by atoms with Gasteiger partial charge in [-0.2, -0.15) is 5.10 Å². The molecule has 1 aromatic heterocycles. The molecule has 164 valence electrons. The van der Waals surface area contributed by atoms with E-state index in [4.69, 9.17) is 10.8 Å². The van der Waals surface area contributed by atoms with Crippen LogP contribution in [-0.2, 0) is 6.42 Å². The molecule has 4 rings (SSSR count). The number of anilines is 1. The number of hydrogen-bond acceptors (Lipinski definition) is 4. The molecule has 0 radical (unpaired) electrons. The van der Waals surface area contributed by atoms with Gasteiger partial charge in [0.2, 0.25) is 0 Å². The fraction of sp³-hybridized carbons (Fsp3) is 0.440. The first kappa shape index (κ1) is 21.4. The zero-order valence-electron chi connectivity index (χ0n) is 18.5. The summed E-state index contributed by atoms with van der Waals surface area (Å²) >= 11 is 0. The summed E-state index contributed by atoms with van der Waals surface area (Å²) in [5.74, 6) is 0.397. The van der Waals surface area contributed by atoms with Crippen LogP contribution in [0.25, 0.3) is 10.9 Å². The molecule has 1 fully saturated rings. The van der Waals surface area contributed by atoms with E-state index in [0.29, 0.717) is 11.6 Å². The Morgan fingerprint density at radius 3 is 2.58 bits per heavy atom. The van der Waals surface area contributed by atoms with Crippen LogP contribution in [0.5, 0.6) is 0 Å². The van der Waals surface area contributed by atoms with Crippen molar-refractivity contribution >= 4 is 22.5 Å². The summed E-state index contributed by atoms with van der Waals surface area (Å²) in [5.41, 5.74) is 9.38. The average molecular weight is 420 g/mol. The second-order valence-corrected chi connectivity index (χ2v) is 8.85. The molecular formula is C25H33N5O. The van der Waals surface area contributed by atoms with Crippen LogP contribution in [0.2, 0.25) is 0 Å². The lowest BCUT2D eigenvalue weighted by Crippen LogP contribution is -2.44. The van der Waals surface area contributed by atoms with Gasteiger partial charge in [-0.15, -0.1) is 0 Å². The monoisotopic (exact) mass is 419 g/mol. The average Bonchev–Trinajstić information content (AvgIpc) is 3.18. The lowest BCUT2D eigenvalue weighted by atomic mass is 9.86. The van der Waals surface area contributed by atoms with Crippen LogP contribution < -0.4 is 16.4 Å². The first-order valence-electron chi connectivity index (χ1n) is 11.4. The minimum absolute atomic E-state index is 0.0727. The Kier molecular flexibility index (Phi) is 6.56. The maximum absolute atomic E-state index is 13.4. The van der Waals surface area contributed by atoms with E-state index in [0.717, 1.165) is 55.4 Å². The summed E-state index contributed by atoms with van der Waals surface area (Å²) < 4.78 is 1.94. The summed E-state index contributed by atoms with van der Waals surface area (Å²) in [6.45, 7) is 6.19. The van der Waals surface area contributed by atoms with Gasteiger partial charge in [-0.3, -0.25) is 9.48 Å². The highest BCUT2D eigenvalue weighted by molar-refractivity contribution is 6.05. The van der Waals surface area contributed by atoms with Crippen molar-refractivity contribution in [3.63, 3.8) is 0 Å². The zero-order valence-corrected chi connectivity index (χ0v) is 18.5. The van der Waals surface area contributed by atoms with Crippen molar-refractivity contribution in [2.24, 2.45) is 5.92 Å². The third kappa shape index (κ3) is 4.90. The Balaban J connectivity index is 1.55. The largest absolute Gasteiger partial charge is 0.399 e. The molecule has 0 saturated carbocycles. The number of piperidine rings is 1. The zero-order chi connectivity index (χ0) is 21.8. The molecule has 0 bridgehead atoms. The van der Waals surface area contributed by atoms with Gasteiger partial charge in [0.25, 0.3) is 5.91 Å². The van der Waals surface area contributed by atoms with Gasteiger partial charge < -0.3 is 16.4 Å². The Morgan fingerprint density at radius 2 is 1.87 bits per heavy atom. The molecule has 1 aliphatic heterocycles. The van der Waals surface area contributed by atoms with Crippen LogP contribution in [-0.4, -0.2) is 34.8 Å². The number of fused-ring (bicyclic) bond motifs is 1. The van der Waals surface area contributed by atoms with Crippen LogP contribution in [0.3, 0.4) is 0 Å². The molecule has 4 N–H and O–H groups in total. The van der Waals surface area contributed by atoms with Crippen LogP contribution in [0.1, 0.15) is 55.2 Å². The number of nitrogens with zero attached hydrogens (tertiary/aromatic N) is 2. The Morgan fingerprint density at radius 1 is 1.16 bits per heavy atom. The van der Waals surface area contributed by atoms with Crippen molar-refractivity contribution in [3.8, 4) is 0 Å². The number of carbonyl (C=O) groups excluding carboxylic acids is 1. The number of aromatic nitrogens is 2. The van der Waals surface area contributed by atoms with Gasteiger partial charge in [0.1, 0.15) is 0 Å². The van der Waals surface area contributed by atoms with Gasteiger partial charge in [0.15, 0.2) is 5.69 Å². The molecule has 0 aliphatic carbocycles. The van der Waals surface area contributed by atoms with Crippen molar-refractivity contribution in [1.82, 2.24) is 20.4 Å². The molecular weight excluding hydrogens is 386 g/mol. The highest BCUT2D eigenvalue weighted by Crippen LogP contribution is 2.24. The second-order valence-electron chi connectivity index (χ2n) is 8.85. The minimum atomic E-state index is -0.0727. The molecule has 2 heterocycles. The van der Waals surface area contributed by atoms with Gasteiger partial charge in [-0.05, 0) is 82.3 Å². The molecule has 3 aromatic rings. The maximum atomic E-state index is 13.4. The van der Waals surface area contributed by atoms with Crippen molar-refractivity contribution < 1.29 is 4.79 Å². The van der Waals surface area contributed by atoms with Gasteiger partial charge in [0, 0.05) is 23.2 Å². The van der Waals surface area contributed by atoms with E-state index < -0.39 is 0 Å². The van der Waals surface area contributed by atoms with Crippen molar-refractivity contribution in [3.05, 3.63) is 59.8 Å². The third-order valence-corrected chi connectivity index (χ3v) is 6.31. The predicted octanol–water partition coefficient (Wildman–Crippen LogP) is 3.93. The standard InChI is InChI=1S/C25H33N5O/c1-17(2)30-23-6-4-3-5-21(23)24(29-30)25(31)28-22(19-13-15-27-16-14-19)12-9-18-7-10-20(26)11-8-18/h3-8,10-11,17,19,22,27H,9,12-16,26H2,1-2H3,(H,28,31). The molecule has 1 unspecified atom stereocenters. The molecule has 31 heavy (non-hydrogen) atoms. The fourth-order valence-electron chi connectivity index (χ4n) is 4.57. The van der Waals surface area contributed by atoms with Crippen molar-refractivity contribution in [2.75, 3.05) is 18.8 Å².